The van der Waals surface area contributed by atoms with Crippen molar-refractivity contribution < 1.29 is 19.5 Å². The number of rotatable bonds is 5. The second-order valence-corrected chi connectivity index (χ2v) is 7.29. The molecule has 0 aliphatic heterocycles. The number of amides is 2. The first kappa shape index (κ1) is 19.4. The molecule has 0 atom stereocenters. The van der Waals surface area contributed by atoms with Crippen molar-refractivity contribution in [2.45, 2.75) is 25.7 Å². The Morgan fingerprint density at radius 2 is 1.79 bits per heavy atom. The van der Waals surface area contributed by atoms with Crippen LogP contribution < -0.4 is 11.1 Å². The maximum Gasteiger partial charge on any atom is 0.256 e. The van der Waals surface area contributed by atoms with Gasteiger partial charge >= 0.3 is 0 Å². The number of carbonyl (C=O) groups is 3. The first-order valence-corrected chi connectivity index (χ1v) is 8.98. The van der Waals surface area contributed by atoms with Gasteiger partial charge in [0.25, 0.3) is 11.8 Å². The van der Waals surface area contributed by atoms with Crippen LogP contribution in [-0.4, -0.2) is 29.2 Å². The highest BCUT2D eigenvalue weighted by molar-refractivity contribution is 6.28. The smallest absolute Gasteiger partial charge is 0.256 e. The van der Waals surface area contributed by atoms with Gasteiger partial charge in [-0.2, -0.15) is 0 Å². The minimum Gasteiger partial charge on any atom is -0.506 e. The minimum absolute atomic E-state index is 0.272. The van der Waals surface area contributed by atoms with Gasteiger partial charge in [0.2, 0.25) is 0 Å². The number of fused-ring (bicyclic) bond motifs is 1. The molecule has 6 heteroatoms. The highest BCUT2D eigenvalue weighted by Crippen LogP contribution is 2.39. The Morgan fingerprint density at radius 1 is 1.11 bits per heavy atom. The number of carbonyl (C=O) groups excluding carboxylic acids is 3. The van der Waals surface area contributed by atoms with E-state index < -0.39 is 28.4 Å². The highest BCUT2D eigenvalue weighted by Gasteiger charge is 2.42. The number of ketones is 1. The molecule has 0 unspecified atom stereocenters. The topological polar surface area (TPSA) is 109 Å². The number of Topliss-reactive ketones (excluding diaryl/α,β-unsaturated/α-hetero) is 1. The first-order valence-electron chi connectivity index (χ1n) is 8.98. The van der Waals surface area contributed by atoms with Gasteiger partial charge in [0.1, 0.15) is 11.3 Å². The van der Waals surface area contributed by atoms with Crippen molar-refractivity contribution in [1.29, 1.82) is 0 Å². The van der Waals surface area contributed by atoms with Gasteiger partial charge < -0.3 is 16.2 Å². The number of primary amides is 1. The van der Waals surface area contributed by atoms with Gasteiger partial charge in [-0.3, -0.25) is 14.4 Å². The quantitative estimate of drug-likeness (QED) is 0.693. The van der Waals surface area contributed by atoms with Crippen molar-refractivity contribution in [2.75, 3.05) is 6.54 Å². The summed E-state index contributed by atoms with van der Waals surface area (Å²) in [6.07, 6.45) is 0.691. The van der Waals surface area contributed by atoms with E-state index in [0.717, 1.165) is 5.56 Å². The zero-order chi connectivity index (χ0) is 20.5. The van der Waals surface area contributed by atoms with E-state index in [4.69, 9.17) is 5.73 Å². The number of hydrogen-bond donors (Lipinski definition) is 3. The zero-order valence-electron chi connectivity index (χ0n) is 15.8. The fourth-order valence-corrected chi connectivity index (χ4v) is 3.40. The van der Waals surface area contributed by atoms with Crippen LogP contribution in [0, 0.1) is 0 Å². The average molecular weight is 378 g/mol. The maximum absolute atomic E-state index is 12.6. The second-order valence-electron chi connectivity index (χ2n) is 7.29. The Hall–Kier alpha value is -3.41. The molecule has 0 bridgehead atoms. The average Bonchev–Trinajstić information content (AvgIpc) is 2.67. The molecule has 0 saturated carbocycles. The molecule has 0 spiro atoms. The van der Waals surface area contributed by atoms with E-state index in [2.05, 4.69) is 5.32 Å². The minimum atomic E-state index is -1.03. The molecule has 2 aromatic rings. The van der Waals surface area contributed by atoms with Gasteiger partial charge in [0, 0.05) is 17.7 Å². The lowest BCUT2D eigenvalue weighted by Crippen LogP contribution is -2.39. The van der Waals surface area contributed by atoms with E-state index in [0.29, 0.717) is 24.1 Å². The fourth-order valence-electron chi connectivity index (χ4n) is 3.40. The molecule has 1 aliphatic rings. The van der Waals surface area contributed by atoms with E-state index >= 15 is 0 Å². The summed E-state index contributed by atoms with van der Waals surface area (Å²) in [6, 6.07) is 14.5. The third-order valence-corrected chi connectivity index (χ3v) is 5.03. The van der Waals surface area contributed by atoms with Crippen LogP contribution >= 0.6 is 0 Å². The maximum atomic E-state index is 12.6. The molecule has 0 saturated heterocycles. The van der Waals surface area contributed by atoms with Crippen LogP contribution in [0.3, 0.4) is 0 Å². The van der Waals surface area contributed by atoms with Crippen LogP contribution in [0.2, 0.25) is 0 Å². The van der Waals surface area contributed by atoms with Crippen LogP contribution in [0.1, 0.15) is 40.9 Å². The van der Waals surface area contributed by atoms with Crippen molar-refractivity contribution in [3.63, 3.8) is 0 Å². The van der Waals surface area contributed by atoms with Crippen molar-refractivity contribution in [3.05, 3.63) is 76.4 Å². The van der Waals surface area contributed by atoms with Crippen LogP contribution in [-0.2, 0) is 21.4 Å². The highest BCUT2D eigenvalue weighted by atomic mass is 16.3. The molecule has 28 heavy (non-hydrogen) atoms. The van der Waals surface area contributed by atoms with Crippen molar-refractivity contribution in [1.82, 2.24) is 5.32 Å². The predicted molar refractivity (Wildman–Crippen MR) is 106 cm³/mol. The molecule has 0 radical (unpaired) electrons. The molecule has 0 aromatic heterocycles. The number of nitrogens with one attached hydrogen (secondary N) is 1. The van der Waals surface area contributed by atoms with E-state index in [-0.39, 0.29) is 11.5 Å². The summed E-state index contributed by atoms with van der Waals surface area (Å²) in [7, 11) is 0. The molecule has 0 fully saturated rings. The third-order valence-electron chi connectivity index (χ3n) is 5.03. The largest absolute Gasteiger partial charge is 0.506 e. The Morgan fingerprint density at radius 3 is 2.43 bits per heavy atom. The number of aliphatic hydroxyl groups excluding tert-OH is 1. The van der Waals surface area contributed by atoms with Crippen LogP contribution in [0.25, 0.3) is 5.76 Å². The molecule has 2 amide bonds. The number of aliphatic hydroxyl groups is 1. The standard InChI is InChI=1S/C22H22N2O4/c1-22(2)16-9-8-14(12-15(16)18(25)17(19(22)26)20(23)27)21(28)24-11-10-13-6-4-3-5-7-13/h3-9,12,25H,10-11H2,1-2H3,(H2,23,27)(H,24,28). The fraction of sp³-hybridized carbons (Fsp3) is 0.227. The monoisotopic (exact) mass is 378 g/mol. The van der Waals surface area contributed by atoms with Crippen molar-refractivity contribution in [2.24, 2.45) is 5.73 Å². The van der Waals surface area contributed by atoms with Crippen LogP contribution in [0.5, 0.6) is 0 Å². The Bertz CT molecular complexity index is 991. The summed E-state index contributed by atoms with van der Waals surface area (Å²) in [5, 5.41) is 13.3. The second kappa shape index (κ2) is 7.31. The molecule has 2 aromatic carbocycles. The molecular formula is C22H22N2O4. The number of hydrogen-bond acceptors (Lipinski definition) is 4. The van der Waals surface area contributed by atoms with Gasteiger partial charge in [-0.1, -0.05) is 36.4 Å². The summed E-state index contributed by atoms with van der Waals surface area (Å²) >= 11 is 0. The van der Waals surface area contributed by atoms with Gasteiger partial charge in [-0.25, -0.2) is 0 Å². The number of nitrogens with two attached hydrogens (primary N) is 1. The van der Waals surface area contributed by atoms with Gasteiger partial charge in [0.05, 0.1) is 5.41 Å². The summed E-state index contributed by atoms with van der Waals surface area (Å²) in [6.45, 7) is 3.77. The van der Waals surface area contributed by atoms with E-state index in [1.807, 2.05) is 30.3 Å². The number of benzene rings is 2. The summed E-state index contributed by atoms with van der Waals surface area (Å²) in [5.74, 6) is -2.31. The van der Waals surface area contributed by atoms with Crippen LogP contribution in [0.15, 0.2) is 54.1 Å². The Labute approximate surface area is 163 Å². The lowest BCUT2D eigenvalue weighted by molar-refractivity contribution is -0.124. The van der Waals surface area contributed by atoms with Gasteiger partial charge in [-0.15, -0.1) is 0 Å². The first-order chi connectivity index (χ1) is 13.2. The Balaban J connectivity index is 1.86. The summed E-state index contributed by atoms with van der Waals surface area (Å²) in [5.41, 5.74) is 6.08. The molecular weight excluding hydrogens is 356 g/mol. The third kappa shape index (κ3) is 3.41. The lowest BCUT2D eigenvalue weighted by atomic mass is 9.70. The van der Waals surface area contributed by atoms with Gasteiger partial charge in [-0.05, 0) is 43.5 Å². The van der Waals surface area contributed by atoms with Gasteiger partial charge in [0.15, 0.2) is 5.78 Å². The van der Waals surface area contributed by atoms with Crippen molar-refractivity contribution >= 4 is 23.4 Å². The normalized spacial score (nSPS) is 15.1. The SMILES string of the molecule is CC1(C)C(=O)C(C(N)=O)=C(O)c2cc(C(=O)NCCc3ccccc3)ccc21. The summed E-state index contributed by atoms with van der Waals surface area (Å²) < 4.78 is 0. The molecule has 1 aliphatic carbocycles. The lowest BCUT2D eigenvalue weighted by Gasteiger charge is -2.31. The Kier molecular flexibility index (Phi) is 5.05. The zero-order valence-corrected chi connectivity index (χ0v) is 15.8. The molecule has 0 heterocycles. The van der Waals surface area contributed by atoms with Crippen molar-refractivity contribution in [3.8, 4) is 0 Å². The molecule has 3 rings (SSSR count). The summed E-state index contributed by atoms with van der Waals surface area (Å²) in [4.78, 5) is 36.7. The molecule has 144 valence electrons. The molecule has 6 nitrogen and oxygen atoms in total. The molecule has 4 N–H and O–H groups in total. The predicted octanol–water partition coefficient (Wildman–Crippen LogP) is 2.27. The van der Waals surface area contributed by atoms with E-state index in [1.165, 1.54) is 6.07 Å². The van der Waals surface area contributed by atoms with E-state index in [9.17, 15) is 19.5 Å². The van der Waals surface area contributed by atoms with E-state index in [1.54, 1.807) is 26.0 Å². The van der Waals surface area contributed by atoms with Crippen LogP contribution in [0.4, 0.5) is 0 Å².